The van der Waals surface area contributed by atoms with Crippen molar-refractivity contribution in [3.63, 3.8) is 0 Å². The molecule has 0 spiro atoms. The molecule has 15 heavy (non-hydrogen) atoms. The van der Waals surface area contributed by atoms with Crippen molar-refractivity contribution in [2.75, 3.05) is 18.6 Å². The van der Waals surface area contributed by atoms with Crippen LogP contribution in [0.2, 0.25) is 0 Å². The zero-order chi connectivity index (χ0) is 11.7. The Labute approximate surface area is 97.0 Å². The van der Waals surface area contributed by atoms with E-state index in [0.717, 1.165) is 13.0 Å². The highest BCUT2D eigenvalue weighted by molar-refractivity contribution is 7.98. The van der Waals surface area contributed by atoms with Crippen molar-refractivity contribution in [1.82, 2.24) is 5.32 Å². The van der Waals surface area contributed by atoms with Crippen LogP contribution in [0.15, 0.2) is 0 Å². The lowest BCUT2D eigenvalue weighted by molar-refractivity contribution is -0.140. The first-order chi connectivity index (χ1) is 7.09. The molecule has 0 aliphatic rings. The summed E-state index contributed by atoms with van der Waals surface area (Å²) in [4.78, 5) is 10.8. The second kappa shape index (κ2) is 9.04. The van der Waals surface area contributed by atoms with Gasteiger partial charge in [-0.2, -0.15) is 11.8 Å². The van der Waals surface area contributed by atoms with Gasteiger partial charge < -0.3 is 10.4 Å². The van der Waals surface area contributed by atoms with Crippen molar-refractivity contribution in [3.8, 4) is 0 Å². The minimum Gasteiger partial charge on any atom is -0.480 e. The first-order valence-electron chi connectivity index (χ1n) is 5.54. The van der Waals surface area contributed by atoms with Crippen molar-refractivity contribution < 1.29 is 9.90 Å². The number of unbranched alkanes of at least 4 members (excludes halogenated alkanes) is 2. The number of hydrogen-bond donors (Lipinski definition) is 2. The van der Waals surface area contributed by atoms with Gasteiger partial charge in [-0.1, -0.05) is 20.3 Å². The van der Waals surface area contributed by atoms with Gasteiger partial charge in [0.05, 0.1) is 0 Å². The molecule has 0 aliphatic heterocycles. The smallest absolute Gasteiger partial charge is 0.320 e. The molecular weight excluding hydrogens is 210 g/mol. The Morgan fingerprint density at radius 1 is 1.33 bits per heavy atom. The third-order valence-corrected chi connectivity index (χ3v) is 3.02. The molecule has 0 rings (SSSR count). The lowest BCUT2D eigenvalue weighted by Gasteiger charge is -2.17. The van der Waals surface area contributed by atoms with Crippen LogP contribution in [0.4, 0.5) is 0 Å². The molecule has 0 heterocycles. The van der Waals surface area contributed by atoms with E-state index in [2.05, 4.69) is 11.6 Å². The predicted molar refractivity (Wildman–Crippen MR) is 66.5 cm³/mol. The fourth-order valence-corrected chi connectivity index (χ4v) is 1.91. The van der Waals surface area contributed by atoms with Gasteiger partial charge in [0, 0.05) is 0 Å². The van der Waals surface area contributed by atoms with E-state index < -0.39 is 12.0 Å². The maximum Gasteiger partial charge on any atom is 0.320 e. The zero-order valence-electron chi connectivity index (χ0n) is 9.95. The molecule has 0 saturated carbocycles. The van der Waals surface area contributed by atoms with Crippen LogP contribution in [0.5, 0.6) is 0 Å². The summed E-state index contributed by atoms with van der Waals surface area (Å²) in [6.07, 6.45) is 5.58. The summed E-state index contributed by atoms with van der Waals surface area (Å²) < 4.78 is 0. The van der Waals surface area contributed by atoms with Crippen LogP contribution in [-0.2, 0) is 4.79 Å². The molecule has 0 aromatic heterocycles. The maximum atomic E-state index is 10.8. The van der Waals surface area contributed by atoms with Gasteiger partial charge >= 0.3 is 5.97 Å². The Kier molecular flexibility index (Phi) is 8.91. The van der Waals surface area contributed by atoms with Crippen LogP contribution < -0.4 is 5.32 Å². The fraction of sp³-hybridized carbons (Fsp3) is 0.909. The monoisotopic (exact) mass is 233 g/mol. The molecule has 0 aliphatic carbocycles. The van der Waals surface area contributed by atoms with E-state index in [9.17, 15) is 4.79 Å². The first-order valence-corrected chi connectivity index (χ1v) is 6.94. The van der Waals surface area contributed by atoms with E-state index in [0.29, 0.717) is 0 Å². The molecule has 2 N–H and O–H groups in total. The molecule has 0 aromatic carbocycles. The van der Waals surface area contributed by atoms with Crippen LogP contribution in [0.3, 0.4) is 0 Å². The van der Waals surface area contributed by atoms with Gasteiger partial charge in [0.25, 0.3) is 0 Å². The fourth-order valence-electron chi connectivity index (χ4n) is 1.41. The number of thioether (sulfide) groups is 1. The SMILES string of the molecule is CSCCCCCNC(C(=O)O)C(C)C. The Morgan fingerprint density at radius 2 is 2.00 bits per heavy atom. The normalized spacial score (nSPS) is 13.1. The van der Waals surface area contributed by atoms with Crippen LogP contribution in [0.25, 0.3) is 0 Å². The average Bonchev–Trinajstić information content (AvgIpc) is 2.15. The van der Waals surface area contributed by atoms with Crippen molar-refractivity contribution in [2.24, 2.45) is 5.92 Å². The van der Waals surface area contributed by atoms with E-state index in [4.69, 9.17) is 5.11 Å². The van der Waals surface area contributed by atoms with Gasteiger partial charge in [-0.3, -0.25) is 4.79 Å². The number of rotatable bonds is 9. The molecule has 0 fully saturated rings. The highest BCUT2D eigenvalue weighted by Crippen LogP contribution is 2.04. The lowest BCUT2D eigenvalue weighted by Crippen LogP contribution is -2.41. The first kappa shape index (κ1) is 14.8. The summed E-state index contributed by atoms with van der Waals surface area (Å²) in [6.45, 7) is 4.67. The van der Waals surface area contributed by atoms with Gasteiger partial charge in [-0.25, -0.2) is 0 Å². The van der Waals surface area contributed by atoms with E-state index >= 15 is 0 Å². The number of hydrogen-bond acceptors (Lipinski definition) is 3. The lowest BCUT2D eigenvalue weighted by atomic mass is 10.0. The second-order valence-electron chi connectivity index (χ2n) is 4.07. The Bertz CT molecular complexity index is 174. The molecule has 0 radical (unpaired) electrons. The quantitative estimate of drug-likeness (QED) is 0.600. The number of aliphatic carboxylic acids is 1. The zero-order valence-corrected chi connectivity index (χ0v) is 10.8. The van der Waals surface area contributed by atoms with E-state index in [-0.39, 0.29) is 5.92 Å². The molecule has 0 bridgehead atoms. The molecule has 90 valence electrons. The summed E-state index contributed by atoms with van der Waals surface area (Å²) >= 11 is 1.86. The molecule has 4 heteroatoms. The van der Waals surface area contributed by atoms with Crippen molar-refractivity contribution in [2.45, 2.75) is 39.2 Å². The summed E-state index contributed by atoms with van der Waals surface area (Å²) in [5.74, 6) is 0.606. The Hall–Kier alpha value is -0.220. The molecule has 3 nitrogen and oxygen atoms in total. The van der Waals surface area contributed by atoms with Crippen LogP contribution >= 0.6 is 11.8 Å². The van der Waals surface area contributed by atoms with Crippen LogP contribution in [0, 0.1) is 5.92 Å². The van der Waals surface area contributed by atoms with E-state index in [1.54, 1.807) is 0 Å². The number of carboxylic acids is 1. The Morgan fingerprint density at radius 3 is 2.47 bits per heavy atom. The van der Waals surface area contributed by atoms with Crippen LogP contribution in [0.1, 0.15) is 33.1 Å². The van der Waals surface area contributed by atoms with Gasteiger partial charge in [0.15, 0.2) is 0 Å². The third-order valence-electron chi connectivity index (χ3n) is 2.32. The maximum absolute atomic E-state index is 10.8. The summed E-state index contributed by atoms with van der Waals surface area (Å²) in [5, 5.41) is 12.0. The number of carboxylic acid groups (broad SMARTS) is 1. The van der Waals surface area contributed by atoms with Crippen molar-refractivity contribution >= 4 is 17.7 Å². The predicted octanol–water partition coefficient (Wildman–Crippen LogP) is 2.22. The summed E-state index contributed by atoms with van der Waals surface area (Å²) in [5.41, 5.74) is 0. The molecule has 0 saturated heterocycles. The van der Waals surface area contributed by atoms with E-state index in [1.165, 1.54) is 18.6 Å². The standard InChI is InChI=1S/C11H23NO2S/c1-9(2)10(11(13)14)12-7-5-4-6-8-15-3/h9-10,12H,4-8H2,1-3H3,(H,13,14). The molecule has 0 aromatic rings. The van der Waals surface area contributed by atoms with E-state index in [1.807, 2.05) is 25.6 Å². The second-order valence-corrected chi connectivity index (χ2v) is 5.05. The minimum absolute atomic E-state index is 0.147. The van der Waals surface area contributed by atoms with Gasteiger partial charge in [0.1, 0.15) is 6.04 Å². The molecule has 0 amide bonds. The van der Waals surface area contributed by atoms with Gasteiger partial charge in [0.2, 0.25) is 0 Å². The summed E-state index contributed by atoms with van der Waals surface area (Å²) in [6, 6.07) is -0.398. The number of nitrogens with one attached hydrogen (secondary N) is 1. The number of carbonyl (C=O) groups is 1. The van der Waals surface area contributed by atoms with Crippen molar-refractivity contribution in [3.05, 3.63) is 0 Å². The minimum atomic E-state index is -0.742. The van der Waals surface area contributed by atoms with Crippen molar-refractivity contribution in [1.29, 1.82) is 0 Å². The Balaban J connectivity index is 3.50. The largest absolute Gasteiger partial charge is 0.480 e. The highest BCUT2D eigenvalue weighted by Gasteiger charge is 2.19. The summed E-state index contributed by atoms with van der Waals surface area (Å²) in [7, 11) is 0. The topological polar surface area (TPSA) is 49.3 Å². The van der Waals surface area contributed by atoms with Gasteiger partial charge in [-0.15, -0.1) is 0 Å². The van der Waals surface area contributed by atoms with Gasteiger partial charge in [-0.05, 0) is 37.3 Å². The average molecular weight is 233 g/mol. The molecule has 1 unspecified atom stereocenters. The molecular formula is C11H23NO2S. The molecule has 1 atom stereocenters. The third kappa shape index (κ3) is 7.68. The van der Waals surface area contributed by atoms with Crippen LogP contribution in [-0.4, -0.2) is 35.7 Å². The highest BCUT2D eigenvalue weighted by atomic mass is 32.2.